The topological polar surface area (TPSA) is 105 Å². The third-order valence-corrected chi connectivity index (χ3v) is 3.83. The van der Waals surface area contributed by atoms with E-state index in [1.807, 2.05) is 24.3 Å². The lowest BCUT2D eigenvalue weighted by molar-refractivity contribution is 0.0600. The number of H-pyrrole nitrogens is 1. The SMILES string of the molecule is COC(=O)c1ccc(/C=N\Nc2nnc3c(n2)[nH]c2ccccc23)cc1. The molecule has 2 N–H and O–H groups in total. The first-order chi connectivity index (χ1) is 12.7. The number of benzene rings is 2. The standard InChI is InChI=1S/C18H14N6O2/c1-26-17(25)12-8-6-11(7-9-12)10-19-23-18-21-16-15(22-24-18)13-4-2-3-5-14(13)20-16/h2-10H,1H3,(H2,20,21,23,24)/b19-10-. The molecule has 2 aromatic carbocycles. The Bertz CT molecular complexity index is 1120. The molecule has 0 aliphatic carbocycles. The van der Waals surface area contributed by atoms with E-state index in [9.17, 15) is 4.79 Å². The van der Waals surface area contributed by atoms with Gasteiger partial charge in [-0.3, -0.25) is 0 Å². The Morgan fingerprint density at radius 1 is 1.15 bits per heavy atom. The first kappa shape index (κ1) is 15.7. The van der Waals surface area contributed by atoms with Crippen LogP contribution < -0.4 is 5.43 Å². The van der Waals surface area contributed by atoms with Gasteiger partial charge in [-0.05, 0) is 23.8 Å². The van der Waals surface area contributed by atoms with Gasteiger partial charge >= 0.3 is 5.97 Å². The molecule has 0 aliphatic rings. The van der Waals surface area contributed by atoms with Gasteiger partial charge in [0.1, 0.15) is 5.52 Å². The predicted octanol–water partition coefficient (Wildman–Crippen LogP) is 2.74. The number of hydrogen-bond donors (Lipinski definition) is 2. The molecule has 0 radical (unpaired) electrons. The zero-order valence-corrected chi connectivity index (χ0v) is 13.8. The normalized spacial score (nSPS) is 11.3. The molecule has 0 saturated carbocycles. The van der Waals surface area contributed by atoms with Crippen LogP contribution in [0.2, 0.25) is 0 Å². The minimum atomic E-state index is -0.377. The van der Waals surface area contributed by atoms with Gasteiger partial charge in [0.05, 0.1) is 18.9 Å². The largest absolute Gasteiger partial charge is 0.465 e. The molecule has 4 rings (SSSR count). The number of rotatable bonds is 4. The van der Waals surface area contributed by atoms with Crippen molar-refractivity contribution in [1.82, 2.24) is 20.2 Å². The second-order valence-electron chi connectivity index (χ2n) is 5.49. The molecule has 0 spiro atoms. The van der Waals surface area contributed by atoms with E-state index >= 15 is 0 Å². The van der Waals surface area contributed by atoms with E-state index < -0.39 is 0 Å². The summed E-state index contributed by atoms with van der Waals surface area (Å²) >= 11 is 0. The summed E-state index contributed by atoms with van der Waals surface area (Å²) in [7, 11) is 1.35. The van der Waals surface area contributed by atoms with Crippen LogP contribution in [0.15, 0.2) is 53.6 Å². The van der Waals surface area contributed by atoms with Crippen molar-refractivity contribution in [2.24, 2.45) is 5.10 Å². The molecule has 0 bridgehead atoms. The Balaban J connectivity index is 1.51. The van der Waals surface area contributed by atoms with Gasteiger partial charge in [0.2, 0.25) is 0 Å². The fourth-order valence-electron chi connectivity index (χ4n) is 2.56. The number of nitrogens with zero attached hydrogens (tertiary/aromatic N) is 4. The van der Waals surface area contributed by atoms with Crippen LogP contribution in [-0.2, 0) is 4.74 Å². The van der Waals surface area contributed by atoms with E-state index in [1.54, 1.807) is 30.5 Å². The number of hydrazone groups is 1. The van der Waals surface area contributed by atoms with Gasteiger partial charge in [0.15, 0.2) is 5.65 Å². The third kappa shape index (κ3) is 2.95. The van der Waals surface area contributed by atoms with Gasteiger partial charge in [0, 0.05) is 10.9 Å². The van der Waals surface area contributed by atoms with Crippen molar-refractivity contribution in [3.63, 3.8) is 0 Å². The Labute approximate surface area is 147 Å². The van der Waals surface area contributed by atoms with Crippen LogP contribution in [0.5, 0.6) is 0 Å². The van der Waals surface area contributed by atoms with Gasteiger partial charge in [-0.15, -0.1) is 10.2 Å². The first-order valence-electron chi connectivity index (χ1n) is 7.83. The van der Waals surface area contributed by atoms with Crippen LogP contribution in [0.4, 0.5) is 5.95 Å². The molecule has 8 nitrogen and oxygen atoms in total. The Kier molecular flexibility index (Phi) is 3.98. The molecule has 0 atom stereocenters. The number of hydrogen-bond acceptors (Lipinski definition) is 7. The van der Waals surface area contributed by atoms with Crippen molar-refractivity contribution >= 4 is 40.2 Å². The van der Waals surface area contributed by atoms with Gasteiger partial charge in [-0.25, -0.2) is 10.2 Å². The van der Waals surface area contributed by atoms with Crippen LogP contribution in [-0.4, -0.2) is 39.5 Å². The minimum absolute atomic E-state index is 0.284. The van der Waals surface area contributed by atoms with E-state index in [4.69, 9.17) is 0 Å². The molecule has 8 heteroatoms. The fraction of sp³-hybridized carbons (Fsp3) is 0.0556. The van der Waals surface area contributed by atoms with Crippen LogP contribution >= 0.6 is 0 Å². The summed E-state index contributed by atoms with van der Waals surface area (Å²) in [6.45, 7) is 0. The number of anilines is 1. The first-order valence-corrected chi connectivity index (χ1v) is 7.83. The van der Waals surface area contributed by atoms with E-state index in [0.717, 1.165) is 16.5 Å². The van der Waals surface area contributed by atoms with Crippen molar-refractivity contribution < 1.29 is 9.53 Å². The van der Waals surface area contributed by atoms with Crippen molar-refractivity contribution in [2.75, 3.05) is 12.5 Å². The maximum atomic E-state index is 11.4. The minimum Gasteiger partial charge on any atom is -0.465 e. The van der Waals surface area contributed by atoms with Crippen LogP contribution in [0.3, 0.4) is 0 Å². The highest BCUT2D eigenvalue weighted by molar-refractivity contribution is 6.03. The second-order valence-corrected chi connectivity index (χ2v) is 5.49. The van der Waals surface area contributed by atoms with Gasteiger partial charge in [0.25, 0.3) is 5.95 Å². The summed E-state index contributed by atoms with van der Waals surface area (Å²) < 4.78 is 4.66. The number of aromatic amines is 1. The molecule has 128 valence electrons. The van der Waals surface area contributed by atoms with Crippen molar-refractivity contribution in [2.45, 2.75) is 0 Å². The van der Waals surface area contributed by atoms with E-state index in [1.165, 1.54) is 7.11 Å². The van der Waals surface area contributed by atoms with Crippen molar-refractivity contribution in [3.8, 4) is 0 Å². The van der Waals surface area contributed by atoms with Crippen LogP contribution in [0, 0.1) is 0 Å². The summed E-state index contributed by atoms with van der Waals surface area (Å²) in [5.41, 5.74) is 6.35. The fourth-order valence-corrected chi connectivity index (χ4v) is 2.56. The van der Waals surface area contributed by atoms with E-state index in [2.05, 4.69) is 35.4 Å². The average Bonchev–Trinajstić information content (AvgIpc) is 3.05. The lowest BCUT2D eigenvalue weighted by atomic mass is 10.1. The molecule has 2 aromatic heterocycles. The smallest absolute Gasteiger partial charge is 0.337 e. The summed E-state index contributed by atoms with van der Waals surface area (Å²) in [5, 5.41) is 13.3. The maximum Gasteiger partial charge on any atom is 0.337 e. The molecule has 2 heterocycles. The average molecular weight is 346 g/mol. The number of para-hydroxylation sites is 1. The van der Waals surface area contributed by atoms with Crippen molar-refractivity contribution in [3.05, 3.63) is 59.7 Å². The van der Waals surface area contributed by atoms with E-state index in [0.29, 0.717) is 16.7 Å². The predicted molar refractivity (Wildman–Crippen MR) is 98.2 cm³/mol. The summed E-state index contributed by atoms with van der Waals surface area (Å²) in [4.78, 5) is 19.0. The molecular weight excluding hydrogens is 332 g/mol. The lowest BCUT2D eigenvalue weighted by Gasteiger charge is -1.99. The number of aromatic nitrogens is 4. The quantitative estimate of drug-likeness (QED) is 0.334. The number of carbonyl (C=O) groups is 1. The summed E-state index contributed by atoms with van der Waals surface area (Å²) in [6, 6.07) is 14.7. The Morgan fingerprint density at radius 2 is 1.96 bits per heavy atom. The third-order valence-electron chi connectivity index (χ3n) is 3.83. The number of esters is 1. The summed E-state index contributed by atoms with van der Waals surface area (Å²) in [5.74, 6) is -0.0933. The van der Waals surface area contributed by atoms with Crippen LogP contribution in [0.1, 0.15) is 15.9 Å². The zero-order chi connectivity index (χ0) is 17.9. The highest BCUT2D eigenvalue weighted by Gasteiger charge is 2.08. The molecular formula is C18H14N6O2. The van der Waals surface area contributed by atoms with Gasteiger partial charge < -0.3 is 9.72 Å². The molecule has 26 heavy (non-hydrogen) atoms. The molecule has 0 unspecified atom stereocenters. The lowest BCUT2D eigenvalue weighted by Crippen LogP contribution is -2.01. The molecule has 0 saturated heterocycles. The Hall–Kier alpha value is -3.81. The molecule has 0 amide bonds. The van der Waals surface area contributed by atoms with Crippen LogP contribution in [0.25, 0.3) is 22.1 Å². The van der Waals surface area contributed by atoms with Crippen molar-refractivity contribution in [1.29, 1.82) is 0 Å². The molecule has 4 aromatic rings. The highest BCUT2D eigenvalue weighted by atomic mass is 16.5. The second kappa shape index (κ2) is 6.60. The number of nitrogens with one attached hydrogen (secondary N) is 2. The highest BCUT2D eigenvalue weighted by Crippen LogP contribution is 2.21. The van der Waals surface area contributed by atoms with Gasteiger partial charge in [-0.1, -0.05) is 30.3 Å². The Morgan fingerprint density at radius 3 is 2.77 bits per heavy atom. The molecule has 0 fully saturated rings. The molecule has 0 aliphatic heterocycles. The number of ether oxygens (including phenoxy) is 1. The maximum absolute atomic E-state index is 11.4. The van der Waals surface area contributed by atoms with E-state index in [-0.39, 0.29) is 11.9 Å². The number of methoxy groups -OCH3 is 1. The number of carbonyl (C=O) groups excluding carboxylic acids is 1. The van der Waals surface area contributed by atoms with Gasteiger partial charge in [-0.2, -0.15) is 10.1 Å². The number of fused-ring (bicyclic) bond motifs is 3. The zero-order valence-electron chi connectivity index (χ0n) is 13.8. The summed E-state index contributed by atoms with van der Waals surface area (Å²) in [6.07, 6.45) is 1.60. The monoisotopic (exact) mass is 346 g/mol.